The van der Waals surface area contributed by atoms with Crippen molar-refractivity contribution in [3.8, 4) is 0 Å². The van der Waals surface area contributed by atoms with Gasteiger partial charge in [0.15, 0.2) is 12.1 Å². The molecule has 5 nitrogen and oxygen atoms in total. The van der Waals surface area contributed by atoms with Crippen molar-refractivity contribution in [3.05, 3.63) is 34.9 Å². The molecule has 2 fully saturated rings. The second-order valence-electron chi connectivity index (χ2n) is 6.26. The van der Waals surface area contributed by atoms with Gasteiger partial charge in [-0.05, 0) is 37.1 Å². The van der Waals surface area contributed by atoms with Crippen molar-refractivity contribution in [1.29, 1.82) is 0 Å². The van der Waals surface area contributed by atoms with Gasteiger partial charge in [-0.15, -0.1) is 0 Å². The van der Waals surface area contributed by atoms with Gasteiger partial charge in [-0.1, -0.05) is 11.6 Å². The second kappa shape index (κ2) is 8.10. The molecule has 24 heavy (non-hydrogen) atoms. The van der Waals surface area contributed by atoms with Crippen molar-refractivity contribution in [2.24, 2.45) is 5.92 Å². The summed E-state index contributed by atoms with van der Waals surface area (Å²) in [6.07, 6.45) is 2.16. The van der Waals surface area contributed by atoms with E-state index in [1.165, 1.54) is 0 Å². The van der Waals surface area contributed by atoms with Crippen molar-refractivity contribution in [3.63, 3.8) is 0 Å². The molecular weight excluding hydrogens is 330 g/mol. The molecule has 0 aromatic heterocycles. The molecule has 2 saturated heterocycles. The lowest BCUT2D eigenvalue weighted by molar-refractivity contribution is -0.136. The molecule has 1 amide bonds. The molecule has 1 aromatic rings. The van der Waals surface area contributed by atoms with Crippen molar-refractivity contribution < 1.29 is 19.1 Å². The molecule has 0 unspecified atom stereocenters. The van der Waals surface area contributed by atoms with Gasteiger partial charge in [0.05, 0.1) is 13.2 Å². The summed E-state index contributed by atoms with van der Waals surface area (Å²) in [6, 6.07) is 6.77. The van der Waals surface area contributed by atoms with E-state index in [1.54, 1.807) is 24.3 Å². The van der Waals surface area contributed by atoms with E-state index in [2.05, 4.69) is 0 Å². The summed E-state index contributed by atoms with van der Waals surface area (Å²) in [5.74, 6) is 0.388. The molecule has 2 aliphatic rings. The summed E-state index contributed by atoms with van der Waals surface area (Å²) in [6.45, 7) is 2.75. The maximum absolute atomic E-state index is 12.3. The molecular formula is C18H22ClNO4. The lowest BCUT2D eigenvalue weighted by Crippen LogP contribution is -2.41. The minimum absolute atomic E-state index is 0.0253. The summed E-state index contributed by atoms with van der Waals surface area (Å²) in [5.41, 5.74) is 0.599. The Labute approximate surface area is 146 Å². The topological polar surface area (TPSA) is 55.8 Å². The Bertz CT molecular complexity index is 575. The number of nitrogens with zero attached hydrogens (tertiary/aromatic N) is 1. The van der Waals surface area contributed by atoms with Gasteiger partial charge in [0.1, 0.15) is 0 Å². The fraction of sp³-hybridized carbons (Fsp3) is 0.556. The number of ketones is 1. The van der Waals surface area contributed by atoms with Gasteiger partial charge in [0.2, 0.25) is 5.91 Å². The van der Waals surface area contributed by atoms with Gasteiger partial charge in [0, 0.05) is 42.4 Å². The third-order valence-electron chi connectivity index (χ3n) is 4.66. The molecule has 2 heterocycles. The van der Waals surface area contributed by atoms with Crippen LogP contribution >= 0.6 is 11.6 Å². The van der Waals surface area contributed by atoms with Crippen LogP contribution in [0.3, 0.4) is 0 Å². The van der Waals surface area contributed by atoms with E-state index < -0.39 is 0 Å². The predicted molar refractivity (Wildman–Crippen MR) is 90.0 cm³/mol. The number of amides is 1. The van der Waals surface area contributed by atoms with Crippen LogP contribution in [-0.4, -0.2) is 49.2 Å². The van der Waals surface area contributed by atoms with E-state index in [-0.39, 0.29) is 30.8 Å². The van der Waals surface area contributed by atoms with E-state index in [4.69, 9.17) is 21.1 Å². The number of carbonyl (C=O) groups is 2. The summed E-state index contributed by atoms with van der Waals surface area (Å²) in [4.78, 5) is 26.3. The van der Waals surface area contributed by atoms with E-state index in [9.17, 15) is 9.59 Å². The number of ether oxygens (including phenoxy) is 2. The van der Waals surface area contributed by atoms with Gasteiger partial charge in [-0.25, -0.2) is 0 Å². The number of hydrogen-bond acceptors (Lipinski definition) is 4. The summed E-state index contributed by atoms with van der Waals surface area (Å²) >= 11 is 5.81. The van der Waals surface area contributed by atoms with Crippen LogP contribution in [0.2, 0.25) is 5.02 Å². The Morgan fingerprint density at radius 3 is 2.29 bits per heavy atom. The molecule has 0 atom stereocenters. The largest absolute Gasteiger partial charge is 0.350 e. The number of halogens is 1. The van der Waals surface area contributed by atoms with Gasteiger partial charge >= 0.3 is 0 Å². The van der Waals surface area contributed by atoms with Gasteiger partial charge in [-0.2, -0.15) is 0 Å². The standard InChI is InChI=1S/C18H22ClNO4/c19-15-3-1-13(2-4-15)16(21)5-6-17(22)20-9-7-14(8-10-20)18-23-11-12-24-18/h1-4,14,18H,5-12H2. The molecule has 0 spiro atoms. The molecule has 130 valence electrons. The number of carbonyl (C=O) groups excluding carboxylic acids is 2. The van der Waals surface area contributed by atoms with E-state index >= 15 is 0 Å². The van der Waals surface area contributed by atoms with Crippen molar-refractivity contribution in [2.45, 2.75) is 32.0 Å². The van der Waals surface area contributed by atoms with Gasteiger partial charge in [-0.3, -0.25) is 9.59 Å². The first-order valence-electron chi connectivity index (χ1n) is 8.43. The number of piperidine rings is 1. The van der Waals surface area contributed by atoms with Crippen LogP contribution < -0.4 is 0 Å². The fourth-order valence-corrected chi connectivity index (χ4v) is 3.35. The van der Waals surface area contributed by atoms with Crippen LogP contribution in [0.1, 0.15) is 36.0 Å². The first-order chi connectivity index (χ1) is 11.6. The van der Waals surface area contributed by atoms with E-state index in [0.29, 0.717) is 42.8 Å². The Morgan fingerprint density at radius 1 is 1.04 bits per heavy atom. The number of Topliss-reactive ketones (excluding diaryl/α,β-unsaturated/α-hetero) is 1. The van der Waals surface area contributed by atoms with E-state index in [1.807, 2.05) is 4.90 Å². The zero-order valence-corrected chi connectivity index (χ0v) is 14.3. The Kier molecular flexibility index (Phi) is 5.87. The molecule has 0 saturated carbocycles. The molecule has 0 radical (unpaired) electrons. The Balaban J connectivity index is 1.42. The third kappa shape index (κ3) is 4.35. The average Bonchev–Trinajstić information content (AvgIpc) is 3.15. The van der Waals surface area contributed by atoms with Crippen LogP contribution in [0.25, 0.3) is 0 Å². The van der Waals surface area contributed by atoms with Crippen LogP contribution in [0.5, 0.6) is 0 Å². The van der Waals surface area contributed by atoms with Crippen molar-refractivity contribution in [2.75, 3.05) is 26.3 Å². The normalized spacial score (nSPS) is 19.6. The quantitative estimate of drug-likeness (QED) is 0.765. The van der Waals surface area contributed by atoms with Crippen LogP contribution in [0, 0.1) is 5.92 Å². The zero-order valence-electron chi connectivity index (χ0n) is 13.6. The summed E-state index contributed by atoms with van der Waals surface area (Å²) in [5, 5.41) is 0.598. The molecule has 0 N–H and O–H groups in total. The predicted octanol–water partition coefficient (Wildman–Crippen LogP) is 2.91. The van der Waals surface area contributed by atoms with Crippen LogP contribution in [0.15, 0.2) is 24.3 Å². The second-order valence-corrected chi connectivity index (χ2v) is 6.69. The first-order valence-corrected chi connectivity index (χ1v) is 8.81. The Hall–Kier alpha value is -1.43. The molecule has 1 aromatic carbocycles. The van der Waals surface area contributed by atoms with Gasteiger partial charge in [0.25, 0.3) is 0 Å². The maximum Gasteiger partial charge on any atom is 0.223 e. The number of likely N-dealkylation sites (tertiary alicyclic amines) is 1. The molecule has 0 bridgehead atoms. The molecule has 6 heteroatoms. The first kappa shape index (κ1) is 17.4. The summed E-state index contributed by atoms with van der Waals surface area (Å²) in [7, 11) is 0. The zero-order chi connectivity index (χ0) is 16.9. The molecule has 0 aliphatic carbocycles. The number of hydrogen-bond donors (Lipinski definition) is 0. The average molecular weight is 352 g/mol. The third-order valence-corrected chi connectivity index (χ3v) is 4.91. The highest BCUT2D eigenvalue weighted by Gasteiger charge is 2.31. The summed E-state index contributed by atoms with van der Waals surface area (Å²) < 4.78 is 11.1. The fourth-order valence-electron chi connectivity index (χ4n) is 3.23. The van der Waals surface area contributed by atoms with Crippen LogP contribution in [-0.2, 0) is 14.3 Å². The lowest BCUT2D eigenvalue weighted by atomic mass is 9.95. The van der Waals surface area contributed by atoms with Crippen molar-refractivity contribution in [1.82, 2.24) is 4.90 Å². The molecule has 2 aliphatic heterocycles. The van der Waals surface area contributed by atoms with Crippen LogP contribution in [0.4, 0.5) is 0 Å². The maximum atomic E-state index is 12.3. The highest BCUT2D eigenvalue weighted by Crippen LogP contribution is 2.26. The number of benzene rings is 1. The Morgan fingerprint density at radius 2 is 1.67 bits per heavy atom. The molecule has 3 rings (SSSR count). The van der Waals surface area contributed by atoms with E-state index in [0.717, 1.165) is 12.8 Å². The minimum atomic E-state index is -0.103. The number of rotatable bonds is 5. The highest BCUT2D eigenvalue weighted by atomic mass is 35.5. The van der Waals surface area contributed by atoms with Crippen molar-refractivity contribution >= 4 is 23.3 Å². The lowest BCUT2D eigenvalue weighted by Gasteiger charge is -2.33. The SMILES string of the molecule is O=C(CCC(=O)N1CCC(C2OCCO2)CC1)c1ccc(Cl)cc1. The highest BCUT2D eigenvalue weighted by molar-refractivity contribution is 6.30. The minimum Gasteiger partial charge on any atom is -0.350 e. The smallest absolute Gasteiger partial charge is 0.223 e. The van der Waals surface area contributed by atoms with Gasteiger partial charge < -0.3 is 14.4 Å². The monoisotopic (exact) mass is 351 g/mol.